The first-order valence-electron chi connectivity index (χ1n) is 8.64. The van der Waals surface area contributed by atoms with Crippen molar-refractivity contribution in [3.8, 4) is 17.2 Å². The van der Waals surface area contributed by atoms with E-state index in [0.717, 1.165) is 12.8 Å². The minimum absolute atomic E-state index is 0.0122. The van der Waals surface area contributed by atoms with Crippen LogP contribution in [0.25, 0.3) is 5.69 Å². The van der Waals surface area contributed by atoms with Crippen LogP contribution >= 0.6 is 11.8 Å². The number of rotatable bonds is 7. The van der Waals surface area contributed by atoms with Gasteiger partial charge in [-0.05, 0) is 35.4 Å². The van der Waals surface area contributed by atoms with Gasteiger partial charge in [0.15, 0.2) is 0 Å². The van der Waals surface area contributed by atoms with E-state index in [2.05, 4.69) is 20.8 Å². The molecule has 1 amide bonds. The van der Waals surface area contributed by atoms with Crippen LogP contribution in [0.2, 0.25) is 0 Å². The summed E-state index contributed by atoms with van der Waals surface area (Å²) in [6.45, 7) is 0. The van der Waals surface area contributed by atoms with Gasteiger partial charge >= 0.3 is 0 Å². The maximum atomic E-state index is 12.2. The highest BCUT2D eigenvalue weighted by molar-refractivity contribution is 7.99. The number of hydrogen-bond acceptors (Lipinski definition) is 7. The molecule has 1 aromatic carbocycles. The molecule has 140 valence electrons. The Hall–Kier alpha value is -2.29. The number of aromatic nitrogens is 4. The number of benzene rings is 1. The van der Waals surface area contributed by atoms with Crippen molar-refractivity contribution in [1.29, 1.82) is 0 Å². The van der Waals surface area contributed by atoms with Gasteiger partial charge < -0.3 is 14.8 Å². The Labute approximate surface area is 156 Å². The number of methoxy groups -OCH3 is 2. The van der Waals surface area contributed by atoms with Gasteiger partial charge in [-0.25, -0.2) is 0 Å². The van der Waals surface area contributed by atoms with Crippen LogP contribution in [0.3, 0.4) is 0 Å². The van der Waals surface area contributed by atoms with E-state index < -0.39 is 0 Å². The smallest absolute Gasteiger partial charge is 0.230 e. The second-order valence-electron chi connectivity index (χ2n) is 6.10. The van der Waals surface area contributed by atoms with Crippen LogP contribution in [-0.4, -0.2) is 52.1 Å². The molecule has 9 heteroatoms. The Morgan fingerprint density at radius 1 is 1.27 bits per heavy atom. The summed E-state index contributed by atoms with van der Waals surface area (Å²) < 4.78 is 12.2. The predicted molar refractivity (Wildman–Crippen MR) is 98.0 cm³/mol. The van der Waals surface area contributed by atoms with Gasteiger partial charge in [0.25, 0.3) is 0 Å². The first-order valence-corrected chi connectivity index (χ1v) is 9.62. The molecule has 3 rings (SSSR count). The monoisotopic (exact) mass is 377 g/mol. The molecule has 1 heterocycles. The largest absolute Gasteiger partial charge is 0.497 e. The molecule has 1 fully saturated rings. The average molecular weight is 377 g/mol. The molecule has 26 heavy (non-hydrogen) atoms. The normalized spacial score (nSPS) is 14.8. The van der Waals surface area contributed by atoms with Gasteiger partial charge in [-0.1, -0.05) is 31.0 Å². The molecule has 2 aromatic rings. The molecule has 1 saturated carbocycles. The van der Waals surface area contributed by atoms with E-state index in [1.165, 1.54) is 31.0 Å². The maximum absolute atomic E-state index is 12.2. The molecular formula is C17H23N5O3S. The SMILES string of the molecule is COc1ccc(-n2nnnc2SCC(=O)NC2CCCCC2)c(OC)c1. The van der Waals surface area contributed by atoms with Crippen molar-refractivity contribution >= 4 is 17.7 Å². The lowest BCUT2D eigenvalue weighted by molar-refractivity contribution is -0.119. The van der Waals surface area contributed by atoms with Crippen molar-refractivity contribution in [2.75, 3.05) is 20.0 Å². The average Bonchev–Trinajstić information content (AvgIpc) is 3.15. The Kier molecular flexibility index (Phi) is 6.32. The summed E-state index contributed by atoms with van der Waals surface area (Å²) in [5.41, 5.74) is 0.688. The zero-order chi connectivity index (χ0) is 18.4. The molecule has 1 N–H and O–H groups in total. The lowest BCUT2D eigenvalue weighted by atomic mass is 9.95. The number of thioether (sulfide) groups is 1. The minimum atomic E-state index is 0.0122. The van der Waals surface area contributed by atoms with E-state index in [1.54, 1.807) is 25.0 Å². The number of nitrogens with zero attached hydrogens (tertiary/aromatic N) is 4. The van der Waals surface area contributed by atoms with E-state index in [-0.39, 0.29) is 11.7 Å². The second kappa shape index (κ2) is 8.88. The number of ether oxygens (including phenoxy) is 2. The minimum Gasteiger partial charge on any atom is -0.497 e. The van der Waals surface area contributed by atoms with Gasteiger partial charge in [-0.15, -0.1) is 5.10 Å². The molecule has 0 atom stereocenters. The fraction of sp³-hybridized carbons (Fsp3) is 0.529. The highest BCUT2D eigenvalue weighted by Crippen LogP contribution is 2.29. The third-order valence-corrected chi connectivity index (χ3v) is 5.28. The molecule has 8 nitrogen and oxygen atoms in total. The van der Waals surface area contributed by atoms with E-state index in [4.69, 9.17) is 9.47 Å². The molecule has 1 aliphatic carbocycles. The highest BCUT2D eigenvalue weighted by atomic mass is 32.2. The lowest BCUT2D eigenvalue weighted by Crippen LogP contribution is -2.37. The number of carbonyl (C=O) groups excluding carboxylic acids is 1. The number of hydrogen-bond donors (Lipinski definition) is 1. The van der Waals surface area contributed by atoms with Gasteiger partial charge in [0.2, 0.25) is 11.1 Å². The topological polar surface area (TPSA) is 91.2 Å². The lowest BCUT2D eigenvalue weighted by Gasteiger charge is -2.22. The van der Waals surface area contributed by atoms with E-state index in [9.17, 15) is 4.79 Å². The van der Waals surface area contributed by atoms with E-state index in [0.29, 0.717) is 28.4 Å². The van der Waals surface area contributed by atoms with Gasteiger partial charge in [0.1, 0.15) is 17.2 Å². The maximum Gasteiger partial charge on any atom is 0.230 e. The third kappa shape index (κ3) is 4.46. The fourth-order valence-electron chi connectivity index (χ4n) is 3.03. The molecule has 0 bridgehead atoms. The highest BCUT2D eigenvalue weighted by Gasteiger charge is 2.18. The van der Waals surface area contributed by atoms with Crippen LogP contribution in [0.1, 0.15) is 32.1 Å². The number of amides is 1. The molecule has 1 aromatic heterocycles. The van der Waals surface area contributed by atoms with Gasteiger partial charge in [-0.2, -0.15) is 4.68 Å². The summed E-state index contributed by atoms with van der Waals surface area (Å²) >= 11 is 1.30. The standard InChI is InChI=1S/C17H23N5O3S/c1-24-13-8-9-14(15(10-13)25-2)22-17(19-20-21-22)26-11-16(23)18-12-6-4-3-5-7-12/h8-10,12H,3-7,11H2,1-2H3,(H,18,23). The van der Waals surface area contributed by atoms with Crippen molar-refractivity contribution in [3.63, 3.8) is 0 Å². The third-order valence-electron chi connectivity index (χ3n) is 4.36. The van der Waals surface area contributed by atoms with Crippen LogP contribution < -0.4 is 14.8 Å². The zero-order valence-corrected chi connectivity index (χ0v) is 15.8. The van der Waals surface area contributed by atoms with E-state index >= 15 is 0 Å². The van der Waals surface area contributed by atoms with Crippen molar-refractivity contribution in [3.05, 3.63) is 18.2 Å². The zero-order valence-electron chi connectivity index (χ0n) is 15.0. The van der Waals surface area contributed by atoms with E-state index in [1.807, 2.05) is 12.1 Å². The van der Waals surface area contributed by atoms with Crippen molar-refractivity contribution in [1.82, 2.24) is 25.5 Å². The summed E-state index contributed by atoms with van der Waals surface area (Å²) in [6, 6.07) is 5.69. The second-order valence-corrected chi connectivity index (χ2v) is 7.04. The van der Waals surface area contributed by atoms with Crippen LogP contribution in [-0.2, 0) is 4.79 Å². The van der Waals surface area contributed by atoms with Gasteiger partial charge in [0.05, 0.1) is 20.0 Å². The first kappa shape index (κ1) is 18.5. The van der Waals surface area contributed by atoms with Crippen molar-refractivity contribution in [2.24, 2.45) is 0 Å². The quantitative estimate of drug-likeness (QED) is 0.740. The predicted octanol–water partition coefficient (Wildman–Crippen LogP) is 2.22. The molecule has 0 saturated heterocycles. The van der Waals surface area contributed by atoms with Crippen molar-refractivity contribution < 1.29 is 14.3 Å². The molecule has 1 aliphatic rings. The molecule has 0 radical (unpaired) electrons. The Morgan fingerprint density at radius 2 is 2.08 bits per heavy atom. The molecule has 0 aliphatic heterocycles. The fourth-order valence-corrected chi connectivity index (χ4v) is 3.72. The first-order chi connectivity index (χ1) is 12.7. The Morgan fingerprint density at radius 3 is 2.81 bits per heavy atom. The van der Waals surface area contributed by atoms with Gasteiger partial charge in [-0.3, -0.25) is 4.79 Å². The van der Waals surface area contributed by atoms with Crippen LogP contribution in [0.4, 0.5) is 0 Å². The van der Waals surface area contributed by atoms with Crippen LogP contribution in [0.15, 0.2) is 23.4 Å². The van der Waals surface area contributed by atoms with Crippen LogP contribution in [0, 0.1) is 0 Å². The van der Waals surface area contributed by atoms with Gasteiger partial charge in [0, 0.05) is 12.1 Å². The Bertz CT molecular complexity index is 746. The number of nitrogens with one attached hydrogen (secondary N) is 1. The molecular weight excluding hydrogens is 354 g/mol. The van der Waals surface area contributed by atoms with Crippen LogP contribution in [0.5, 0.6) is 11.5 Å². The Balaban J connectivity index is 1.66. The molecule has 0 spiro atoms. The summed E-state index contributed by atoms with van der Waals surface area (Å²) in [5, 5.41) is 15.4. The molecule has 0 unspecified atom stereocenters. The number of carbonyl (C=O) groups is 1. The summed E-state index contributed by atoms with van der Waals surface area (Å²) in [4.78, 5) is 12.2. The van der Waals surface area contributed by atoms with Crippen molar-refractivity contribution in [2.45, 2.75) is 43.3 Å². The summed E-state index contributed by atoms with van der Waals surface area (Å²) in [7, 11) is 3.17. The summed E-state index contributed by atoms with van der Waals surface area (Å²) in [6.07, 6.45) is 5.77. The summed E-state index contributed by atoms with van der Waals surface area (Å²) in [5.74, 6) is 1.55. The number of tetrazole rings is 1.